The predicted molar refractivity (Wildman–Crippen MR) is 61.8 cm³/mol. The molecule has 0 heterocycles. The maximum absolute atomic E-state index is 10.5. The summed E-state index contributed by atoms with van der Waals surface area (Å²) in [7, 11) is 1.63. The minimum Gasteiger partial charge on any atom is -0.497 e. The summed E-state index contributed by atoms with van der Waals surface area (Å²) in [5, 5.41) is 11.6. The number of benzene rings is 1. The number of ether oxygens (including phenoxy) is 1. The van der Waals surface area contributed by atoms with Gasteiger partial charge < -0.3 is 15.2 Å². The quantitative estimate of drug-likeness (QED) is 0.763. The molecular weight excluding hydrogens is 206 g/mol. The van der Waals surface area contributed by atoms with Crippen molar-refractivity contribution >= 4 is 5.97 Å². The van der Waals surface area contributed by atoms with Crippen molar-refractivity contribution in [3.8, 4) is 5.75 Å². The highest BCUT2D eigenvalue weighted by Crippen LogP contribution is 2.11. The van der Waals surface area contributed by atoms with Crippen molar-refractivity contribution in [2.45, 2.75) is 19.4 Å². The second-order valence-electron chi connectivity index (χ2n) is 3.61. The van der Waals surface area contributed by atoms with E-state index in [4.69, 9.17) is 9.84 Å². The molecule has 0 radical (unpaired) electrons. The highest BCUT2D eigenvalue weighted by atomic mass is 16.5. The van der Waals surface area contributed by atoms with Crippen LogP contribution in [0.3, 0.4) is 0 Å². The fraction of sp³-hybridized carbons (Fsp3) is 0.417. The lowest BCUT2D eigenvalue weighted by molar-refractivity contribution is -0.138. The Hall–Kier alpha value is -1.55. The highest BCUT2D eigenvalue weighted by Gasteiger charge is 2.08. The first-order valence-corrected chi connectivity index (χ1v) is 5.22. The Bertz CT molecular complexity index is 335. The number of aliphatic carboxylic acids is 1. The largest absolute Gasteiger partial charge is 0.497 e. The first-order chi connectivity index (χ1) is 7.63. The zero-order valence-electron chi connectivity index (χ0n) is 9.56. The van der Waals surface area contributed by atoms with Crippen molar-refractivity contribution in [3.05, 3.63) is 29.8 Å². The maximum atomic E-state index is 10.5. The molecule has 1 aromatic rings. The molecule has 0 aliphatic rings. The first kappa shape index (κ1) is 12.5. The van der Waals surface area contributed by atoms with E-state index in [1.165, 1.54) is 0 Å². The molecule has 0 unspecified atom stereocenters. The first-order valence-electron chi connectivity index (χ1n) is 5.22. The molecule has 0 saturated heterocycles. The summed E-state index contributed by atoms with van der Waals surface area (Å²) in [6.07, 6.45) is 0.807. The summed E-state index contributed by atoms with van der Waals surface area (Å²) in [6.45, 7) is 2.29. The fourth-order valence-corrected chi connectivity index (χ4v) is 1.31. The summed E-state index contributed by atoms with van der Waals surface area (Å²) in [4.78, 5) is 10.5. The molecule has 0 aromatic heterocycles. The van der Waals surface area contributed by atoms with Crippen LogP contribution in [-0.4, -0.2) is 30.8 Å². The Morgan fingerprint density at radius 1 is 1.44 bits per heavy atom. The fourth-order valence-electron chi connectivity index (χ4n) is 1.31. The summed E-state index contributed by atoms with van der Waals surface area (Å²) in [5.74, 6) is 0.00495. The van der Waals surface area contributed by atoms with Crippen LogP contribution in [0.2, 0.25) is 0 Å². The number of hydrogen-bond donors (Lipinski definition) is 2. The van der Waals surface area contributed by atoms with Crippen molar-refractivity contribution < 1.29 is 14.6 Å². The monoisotopic (exact) mass is 223 g/mol. The van der Waals surface area contributed by atoms with Crippen molar-refractivity contribution in [1.29, 1.82) is 0 Å². The average Bonchev–Trinajstić information content (AvgIpc) is 2.29. The van der Waals surface area contributed by atoms with Crippen LogP contribution in [0.1, 0.15) is 12.5 Å². The zero-order chi connectivity index (χ0) is 12.0. The van der Waals surface area contributed by atoms with Crippen LogP contribution in [0.4, 0.5) is 0 Å². The number of carboxylic acid groups (broad SMARTS) is 1. The molecule has 1 rings (SSSR count). The van der Waals surface area contributed by atoms with Gasteiger partial charge in [0, 0.05) is 0 Å². The molecule has 0 bridgehead atoms. The molecule has 16 heavy (non-hydrogen) atoms. The van der Waals surface area contributed by atoms with E-state index in [1.807, 2.05) is 24.3 Å². The van der Waals surface area contributed by atoms with Gasteiger partial charge in [0.25, 0.3) is 0 Å². The SMILES string of the molecule is COc1ccc(CCN[C@H](C)C(=O)O)cc1. The maximum Gasteiger partial charge on any atom is 0.320 e. The van der Waals surface area contributed by atoms with E-state index in [1.54, 1.807) is 14.0 Å². The van der Waals surface area contributed by atoms with Gasteiger partial charge in [0.05, 0.1) is 7.11 Å². The van der Waals surface area contributed by atoms with E-state index in [9.17, 15) is 4.79 Å². The Morgan fingerprint density at radius 2 is 2.06 bits per heavy atom. The minimum absolute atomic E-state index is 0.502. The Kier molecular flexibility index (Phi) is 4.79. The van der Waals surface area contributed by atoms with Crippen LogP contribution in [0.5, 0.6) is 5.75 Å². The Morgan fingerprint density at radius 3 is 2.56 bits per heavy atom. The molecule has 0 aliphatic carbocycles. The number of carboxylic acids is 1. The minimum atomic E-state index is -0.824. The molecule has 0 spiro atoms. The summed E-state index contributed by atoms with van der Waals surface area (Å²) >= 11 is 0. The van der Waals surface area contributed by atoms with Crippen molar-refractivity contribution in [2.75, 3.05) is 13.7 Å². The van der Waals surface area contributed by atoms with Gasteiger partial charge in [-0.1, -0.05) is 12.1 Å². The van der Waals surface area contributed by atoms with E-state index >= 15 is 0 Å². The molecule has 88 valence electrons. The molecule has 1 atom stereocenters. The van der Waals surface area contributed by atoms with Crippen LogP contribution >= 0.6 is 0 Å². The highest BCUT2D eigenvalue weighted by molar-refractivity contribution is 5.72. The lowest BCUT2D eigenvalue weighted by Crippen LogP contribution is -2.34. The molecule has 0 amide bonds. The van der Waals surface area contributed by atoms with Crippen LogP contribution in [0.25, 0.3) is 0 Å². The molecule has 0 saturated carbocycles. The van der Waals surface area contributed by atoms with Crippen molar-refractivity contribution in [1.82, 2.24) is 5.32 Å². The lowest BCUT2D eigenvalue weighted by Gasteiger charge is -2.09. The number of nitrogens with one attached hydrogen (secondary N) is 1. The van der Waals surface area contributed by atoms with Gasteiger partial charge in [-0.05, 0) is 37.6 Å². The van der Waals surface area contributed by atoms with Gasteiger partial charge >= 0.3 is 5.97 Å². The van der Waals surface area contributed by atoms with Crippen molar-refractivity contribution in [3.63, 3.8) is 0 Å². The molecule has 4 nitrogen and oxygen atoms in total. The average molecular weight is 223 g/mol. The number of carbonyl (C=O) groups is 1. The topological polar surface area (TPSA) is 58.6 Å². The van der Waals surface area contributed by atoms with Gasteiger partial charge in [0.2, 0.25) is 0 Å². The third kappa shape index (κ3) is 3.90. The summed E-state index contributed by atoms with van der Waals surface area (Å²) in [5.41, 5.74) is 1.16. The van der Waals surface area contributed by atoms with E-state index in [0.717, 1.165) is 17.7 Å². The van der Waals surface area contributed by atoms with Crippen LogP contribution in [0, 0.1) is 0 Å². The molecule has 0 aliphatic heterocycles. The van der Waals surface area contributed by atoms with Gasteiger partial charge in [-0.2, -0.15) is 0 Å². The lowest BCUT2D eigenvalue weighted by atomic mass is 10.1. The summed E-state index contributed by atoms with van der Waals surface area (Å²) < 4.78 is 5.05. The van der Waals surface area contributed by atoms with Gasteiger partial charge in [-0.15, -0.1) is 0 Å². The van der Waals surface area contributed by atoms with Gasteiger partial charge in [-0.25, -0.2) is 0 Å². The van der Waals surface area contributed by atoms with Gasteiger partial charge in [0.15, 0.2) is 0 Å². The number of methoxy groups -OCH3 is 1. The number of rotatable bonds is 6. The van der Waals surface area contributed by atoms with E-state index < -0.39 is 12.0 Å². The third-order valence-corrected chi connectivity index (χ3v) is 2.39. The molecule has 1 aromatic carbocycles. The van der Waals surface area contributed by atoms with Crippen LogP contribution in [0.15, 0.2) is 24.3 Å². The summed E-state index contributed by atoms with van der Waals surface area (Å²) in [6, 6.07) is 7.25. The molecular formula is C12H17NO3. The second-order valence-corrected chi connectivity index (χ2v) is 3.61. The van der Waals surface area contributed by atoms with Crippen LogP contribution < -0.4 is 10.1 Å². The zero-order valence-corrected chi connectivity index (χ0v) is 9.56. The van der Waals surface area contributed by atoms with Crippen LogP contribution in [-0.2, 0) is 11.2 Å². The van der Waals surface area contributed by atoms with Gasteiger partial charge in [-0.3, -0.25) is 4.79 Å². The van der Waals surface area contributed by atoms with Gasteiger partial charge in [0.1, 0.15) is 11.8 Å². The van der Waals surface area contributed by atoms with E-state index in [-0.39, 0.29) is 0 Å². The van der Waals surface area contributed by atoms with E-state index in [0.29, 0.717) is 6.54 Å². The molecule has 4 heteroatoms. The molecule has 0 fully saturated rings. The van der Waals surface area contributed by atoms with Crippen molar-refractivity contribution in [2.24, 2.45) is 0 Å². The second kappa shape index (κ2) is 6.12. The Labute approximate surface area is 95.2 Å². The molecule has 2 N–H and O–H groups in total. The standard InChI is InChI=1S/C12H17NO3/c1-9(12(14)15)13-8-7-10-3-5-11(16-2)6-4-10/h3-6,9,13H,7-8H2,1-2H3,(H,14,15)/t9-/m1/s1. The smallest absolute Gasteiger partial charge is 0.320 e. The Balaban J connectivity index is 2.34. The third-order valence-electron chi connectivity index (χ3n) is 2.39. The number of hydrogen-bond acceptors (Lipinski definition) is 3. The normalized spacial score (nSPS) is 12.1. The van der Waals surface area contributed by atoms with E-state index in [2.05, 4.69) is 5.32 Å². The predicted octanol–water partition coefficient (Wildman–Crippen LogP) is 1.30.